The number of sulfone groups is 1. The Hall–Kier alpha value is -2.10. The molecule has 0 N–H and O–H groups in total. The number of benzene rings is 1. The Labute approximate surface area is 130 Å². The van der Waals surface area contributed by atoms with Gasteiger partial charge < -0.3 is 4.74 Å². The van der Waals surface area contributed by atoms with Crippen molar-refractivity contribution in [2.24, 2.45) is 0 Å². The maximum absolute atomic E-state index is 12.6. The lowest BCUT2D eigenvalue weighted by Crippen LogP contribution is -2.12. The normalized spacial score (nSPS) is 12.4. The van der Waals surface area contributed by atoms with E-state index in [-0.39, 0.29) is 29.9 Å². The van der Waals surface area contributed by atoms with Gasteiger partial charge in [-0.15, -0.1) is 10.2 Å². The van der Waals surface area contributed by atoms with Crippen LogP contribution in [0, 0.1) is 0 Å². The number of aromatic nitrogens is 3. The molecule has 126 valence electrons. The van der Waals surface area contributed by atoms with E-state index in [1.807, 2.05) is 0 Å². The zero-order chi connectivity index (χ0) is 17.3. The van der Waals surface area contributed by atoms with Crippen LogP contribution in [0.3, 0.4) is 0 Å². The molecular formula is C13H14F3N3O3S. The van der Waals surface area contributed by atoms with Gasteiger partial charge in [0, 0.05) is 12.8 Å². The van der Waals surface area contributed by atoms with Crippen LogP contribution in [0.4, 0.5) is 13.2 Å². The molecule has 2 rings (SSSR count). The first-order valence-electron chi connectivity index (χ1n) is 6.55. The van der Waals surface area contributed by atoms with Crippen LogP contribution in [0.5, 0.6) is 5.75 Å². The highest BCUT2D eigenvalue weighted by atomic mass is 32.2. The molecule has 0 bridgehead atoms. The second-order valence-corrected chi connectivity index (χ2v) is 6.64. The van der Waals surface area contributed by atoms with Gasteiger partial charge in [0.1, 0.15) is 12.4 Å². The second kappa shape index (κ2) is 6.19. The standard InChI is InChI=1S/C13H14F3N3O3S/c1-3-19-11(17-18-12(19)23(2,20)21)8-22-10-6-4-5-9(7-10)13(14,15)16/h4-7H,3,8H2,1-2H3. The molecular weight excluding hydrogens is 335 g/mol. The third-order valence-electron chi connectivity index (χ3n) is 2.97. The number of halogens is 3. The van der Waals surface area contributed by atoms with Crippen molar-refractivity contribution in [2.75, 3.05) is 6.26 Å². The molecule has 1 aromatic carbocycles. The molecule has 0 fully saturated rings. The summed E-state index contributed by atoms with van der Waals surface area (Å²) in [4.78, 5) is 0. The Morgan fingerprint density at radius 3 is 2.52 bits per heavy atom. The van der Waals surface area contributed by atoms with Crippen LogP contribution in [0.15, 0.2) is 29.4 Å². The lowest BCUT2D eigenvalue weighted by molar-refractivity contribution is -0.137. The summed E-state index contributed by atoms with van der Waals surface area (Å²) in [5.41, 5.74) is -0.830. The van der Waals surface area contributed by atoms with E-state index in [0.717, 1.165) is 18.4 Å². The van der Waals surface area contributed by atoms with Crippen LogP contribution in [0.25, 0.3) is 0 Å². The summed E-state index contributed by atoms with van der Waals surface area (Å²) < 4.78 is 67.7. The van der Waals surface area contributed by atoms with Crippen LogP contribution in [-0.4, -0.2) is 29.4 Å². The van der Waals surface area contributed by atoms with Crippen LogP contribution < -0.4 is 4.74 Å². The zero-order valence-corrected chi connectivity index (χ0v) is 13.1. The Morgan fingerprint density at radius 2 is 1.96 bits per heavy atom. The molecule has 0 spiro atoms. The summed E-state index contributed by atoms with van der Waals surface area (Å²) in [6.07, 6.45) is -3.47. The summed E-state index contributed by atoms with van der Waals surface area (Å²) in [5, 5.41) is 7.11. The molecule has 0 atom stereocenters. The Morgan fingerprint density at radius 1 is 1.26 bits per heavy atom. The summed E-state index contributed by atoms with van der Waals surface area (Å²) in [7, 11) is -3.55. The van der Waals surface area contributed by atoms with Gasteiger partial charge in [0.05, 0.1) is 5.56 Å². The highest BCUT2D eigenvalue weighted by Gasteiger charge is 2.30. The molecule has 0 saturated heterocycles. The molecule has 0 saturated carbocycles. The van der Waals surface area contributed by atoms with Crippen molar-refractivity contribution in [3.8, 4) is 5.75 Å². The minimum Gasteiger partial charge on any atom is -0.486 e. The Bertz CT molecular complexity index is 800. The first kappa shape index (κ1) is 17.3. The Balaban J connectivity index is 2.21. The van der Waals surface area contributed by atoms with Crippen LogP contribution in [0.1, 0.15) is 18.3 Å². The number of hydrogen-bond acceptors (Lipinski definition) is 5. The van der Waals surface area contributed by atoms with Gasteiger partial charge in [-0.05, 0) is 25.1 Å². The number of hydrogen-bond donors (Lipinski definition) is 0. The van der Waals surface area contributed by atoms with Crippen molar-refractivity contribution < 1.29 is 26.3 Å². The highest BCUT2D eigenvalue weighted by Crippen LogP contribution is 2.31. The number of nitrogens with zero attached hydrogens (tertiary/aromatic N) is 3. The quantitative estimate of drug-likeness (QED) is 0.828. The van der Waals surface area contributed by atoms with Crippen molar-refractivity contribution >= 4 is 9.84 Å². The number of ether oxygens (including phenoxy) is 1. The van der Waals surface area contributed by atoms with Gasteiger partial charge in [0.15, 0.2) is 5.82 Å². The van der Waals surface area contributed by atoms with Gasteiger partial charge in [0.2, 0.25) is 15.0 Å². The van der Waals surface area contributed by atoms with E-state index in [1.54, 1.807) is 6.92 Å². The van der Waals surface area contributed by atoms with E-state index in [2.05, 4.69) is 10.2 Å². The first-order chi connectivity index (χ1) is 10.6. The van der Waals surface area contributed by atoms with Crippen molar-refractivity contribution in [3.05, 3.63) is 35.7 Å². The van der Waals surface area contributed by atoms with E-state index in [9.17, 15) is 21.6 Å². The van der Waals surface area contributed by atoms with Gasteiger partial charge in [-0.1, -0.05) is 6.07 Å². The monoisotopic (exact) mass is 349 g/mol. The third-order valence-corrected chi connectivity index (χ3v) is 3.94. The van der Waals surface area contributed by atoms with Gasteiger partial charge in [-0.2, -0.15) is 13.2 Å². The summed E-state index contributed by atoms with van der Waals surface area (Å²) >= 11 is 0. The molecule has 10 heteroatoms. The van der Waals surface area contributed by atoms with Gasteiger partial charge in [-0.25, -0.2) is 8.42 Å². The fraction of sp³-hybridized carbons (Fsp3) is 0.385. The van der Waals surface area contributed by atoms with Crippen LogP contribution in [0.2, 0.25) is 0 Å². The maximum atomic E-state index is 12.6. The smallest absolute Gasteiger partial charge is 0.416 e. The molecule has 0 aliphatic carbocycles. The average Bonchev–Trinajstić information content (AvgIpc) is 2.87. The molecule has 1 aromatic heterocycles. The summed E-state index contributed by atoms with van der Waals surface area (Å²) in [6.45, 7) is 1.79. The van der Waals surface area contributed by atoms with Crippen molar-refractivity contribution in [1.29, 1.82) is 0 Å². The average molecular weight is 349 g/mol. The van der Waals surface area contributed by atoms with Crippen molar-refractivity contribution in [2.45, 2.75) is 31.4 Å². The Kier molecular flexibility index (Phi) is 4.64. The fourth-order valence-electron chi connectivity index (χ4n) is 1.93. The molecule has 0 aliphatic heterocycles. The molecule has 2 aromatic rings. The number of rotatable bonds is 5. The zero-order valence-electron chi connectivity index (χ0n) is 12.3. The van der Waals surface area contributed by atoms with E-state index < -0.39 is 21.6 Å². The number of alkyl halides is 3. The summed E-state index contributed by atoms with van der Waals surface area (Å²) in [5.74, 6) is 0.219. The van der Waals surface area contributed by atoms with Crippen LogP contribution in [-0.2, 0) is 29.2 Å². The van der Waals surface area contributed by atoms with E-state index in [1.165, 1.54) is 16.7 Å². The molecule has 23 heavy (non-hydrogen) atoms. The van der Waals surface area contributed by atoms with Gasteiger partial charge in [-0.3, -0.25) is 4.57 Å². The largest absolute Gasteiger partial charge is 0.486 e. The first-order valence-corrected chi connectivity index (χ1v) is 8.44. The fourth-order valence-corrected chi connectivity index (χ4v) is 2.75. The third kappa shape index (κ3) is 4.01. The minimum absolute atomic E-state index is 0.00591. The second-order valence-electron chi connectivity index (χ2n) is 4.73. The summed E-state index contributed by atoms with van der Waals surface area (Å²) in [6, 6.07) is 4.40. The maximum Gasteiger partial charge on any atom is 0.416 e. The van der Waals surface area contributed by atoms with E-state index >= 15 is 0 Å². The van der Waals surface area contributed by atoms with E-state index in [0.29, 0.717) is 0 Å². The SMILES string of the molecule is CCn1c(COc2cccc(C(F)(F)F)c2)nnc1S(C)(=O)=O. The lowest BCUT2D eigenvalue weighted by atomic mass is 10.2. The van der Waals surface area contributed by atoms with Gasteiger partial charge in [0.25, 0.3) is 0 Å². The molecule has 0 aliphatic rings. The molecule has 6 nitrogen and oxygen atoms in total. The highest BCUT2D eigenvalue weighted by molar-refractivity contribution is 7.90. The lowest BCUT2D eigenvalue weighted by Gasteiger charge is -2.10. The van der Waals surface area contributed by atoms with E-state index in [4.69, 9.17) is 4.74 Å². The predicted molar refractivity (Wildman–Crippen MR) is 74.6 cm³/mol. The van der Waals surface area contributed by atoms with Gasteiger partial charge >= 0.3 is 6.18 Å². The molecule has 1 heterocycles. The van der Waals surface area contributed by atoms with Crippen LogP contribution >= 0.6 is 0 Å². The minimum atomic E-state index is -4.47. The molecule has 0 amide bonds. The molecule has 0 radical (unpaired) electrons. The van der Waals surface area contributed by atoms with Crippen molar-refractivity contribution in [3.63, 3.8) is 0 Å². The molecule has 0 unspecified atom stereocenters. The predicted octanol–water partition coefficient (Wildman–Crippen LogP) is 2.30. The topological polar surface area (TPSA) is 74.1 Å². The van der Waals surface area contributed by atoms with Crippen molar-refractivity contribution in [1.82, 2.24) is 14.8 Å².